The highest BCUT2D eigenvalue weighted by molar-refractivity contribution is 7.91. The molecule has 13 heteroatoms. The number of ether oxygens (including phenoxy) is 2. The van der Waals surface area contributed by atoms with Crippen molar-refractivity contribution in [1.29, 1.82) is 0 Å². The third-order valence-electron chi connectivity index (χ3n) is 8.19. The number of carbonyl (C=O) groups excluding carboxylic acids is 3. The van der Waals surface area contributed by atoms with Crippen molar-refractivity contribution in [2.45, 2.75) is 35.5 Å². The SMILES string of the molecule is O=C(NCc1cnc(-c2ccc(O[C@@H]3CCN(C(=O)OCc4ccccc4)C3)cc2)s1)c1ccc2c(c1)NC(=O)c1ccccc1S2(=O)=O. The van der Waals surface area contributed by atoms with Gasteiger partial charge in [0.15, 0.2) is 0 Å². The van der Waals surface area contributed by atoms with Crippen molar-refractivity contribution in [2.24, 2.45) is 0 Å². The summed E-state index contributed by atoms with van der Waals surface area (Å²) in [5, 5.41) is 6.24. The van der Waals surface area contributed by atoms with Crippen molar-refractivity contribution < 1.29 is 32.3 Å². The van der Waals surface area contributed by atoms with E-state index >= 15 is 0 Å². The fourth-order valence-electron chi connectivity index (χ4n) is 5.66. The first-order valence-corrected chi connectivity index (χ1v) is 17.8. The van der Waals surface area contributed by atoms with E-state index in [2.05, 4.69) is 15.6 Å². The van der Waals surface area contributed by atoms with Gasteiger partial charge in [-0.1, -0.05) is 42.5 Å². The number of hydrogen-bond donors (Lipinski definition) is 2. The molecule has 1 saturated heterocycles. The Bertz CT molecular complexity index is 2150. The molecule has 1 atom stereocenters. The lowest BCUT2D eigenvalue weighted by molar-refractivity contribution is 0.0949. The zero-order valence-corrected chi connectivity index (χ0v) is 27.6. The summed E-state index contributed by atoms with van der Waals surface area (Å²) in [5.41, 5.74) is 2.12. The number of sulfone groups is 1. The van der Waals surface area contributed by atoms with Crippen LogP contribution in [0.15, 0.2) is 113 Å². The Morgan fingerprint density at radius 1 is 0.959 bits per heavy atom. The number of nitrogens with zero attached hydrogens (tertiary/aromatic N) is 2. The smallest absolute Gasteiger partial charge is 0.410 e. The van der Waals surface area contributed by atoms with Crippen molar-refractivity contribution in [2.75, 3.05) is 18.4 Å². The average Bonchev–Trinajstić information content (AvgIpc) is 3.79. The summed E-state index contributed by atoms with van der Waals surface area (Å²) in [7, 11) is -3.96. The first-order chi connectivity index (χ1) is 23.7. The largest absolute Gasteiger partial charge is 0.489 e. The summed E-state index contributed by atoms with van der Waals surface area (Å²) >= 11 is 1.43. The second-order valence-corrected chi connectivity index (χ2v) is 14.5. The molecule has 3 amide bonds. The van der Waals surface area contributed by atoms with Gasteiger partial charge in [-0.05, 0) is 60.2 Å². The zero-order chi connectivity index (χ0) is 34.0. The van der Waals surface area contributed by atoms with Crippen molar-refractivity contribution in [1.82, 2.24) is 15.2 Å². The maximum absolute atomic E-state index is 13.2. The zero-order valence-electron chi connectivity index (χ0n) is 26.0. The van der Waals surface area contributed by atoms with Crippen molar-refractivity contribution in [3.8, 4) is 16.3 Å². The fourth-order valence-corrected chi connectivity index (χ4v) is 8.11. The number of aromatic nitrogens is 1. The van der Waals surface area contributed by atoms with Gasteiger partial charge in [-0.15, -0.1) is 11.3 Å². The molecule has 1 aromatic heterocycles. The van der Waals surface area contributed by atoms with Gasteiger partial charge < -0.3 is 25.0 Å². The fraction of sp³-hybridized carbons (Fsp3) is 0.167. The molecular formula is C36H30N4O7S2. The minimum atomic E-state index is -3.96. The number of likely N-dealkylation sites (tertiary alicyclic amines) is 1. The summed E-state index contributed by atoms with van der Waals surface area (Å²) in [6.07, 6.45) is 1.91. The molecule has 0 aliphatic carbocycles. The first kappa shape index (κ1) is 32.0. The van der Waals surface area contributed by atoms with Gasteiger partial charge in [0.25, 0.3) is 11.8 Å². The molecule has 7 rings (SSSR count). The number of rotatable bonds is 8. The number of nitrogens with one attached hydrogen (secondary N) is 2. The Morgan fingerprint density at radius 2 is 1.73 bits per heavy atom. The molecule has 5 aromatic rings. The Labute approximate surface area is 286 Å². The number of hydrogen-bond acceptors (Lipinski definition) is 9. The minimum Gasteiger partial charge on any atom is -0.489 e. The van der Waals surface area contributed by atoms with Gasteiger partial charge in [0.2, 0.25) is 9.84 Å². The normalized spacial score (nSPS) is 16.1. The molecule has 0 bridgehead atoms. The molecule has 2 N–H and O–H groups in total. The summed E-state index contributed by atoms with van der Waals surface area (Å²) in [4.78, 5) is 45.1. The number of thiazole rings is 1. The van der Waals surface area contributed by atoms with Crippen LogP contribution in [0.1, 0.15) is 37.6 Å². The van der Waals surface area contributed by atoms with Gasteiger partial charge >= 0.3 is 6.09 Å². The van der Waals surface area contributed by atoms with E-state index in [1.165, 1.54) is 41.7 Å². The number of fused-ring (bicyclic) bond motifs is 2. The van der Waals surface area contributed by atoms with E-state index in [1.807, 2.05) is 54.6 Å². The first-order valence-electron chi connectivity index (χ1n) is 15.5. The molecule has 4 aromatic carbocycles. The second kappa shape index (κ2) is 13.5. The molecule has 0 radical (unpaired) electrons. The van der Waals surface area contributed by atoms with Crippen molar-refractivity contribution >= 4 is 44.8 Å². The average molecular weight is 695 g/mol. The highest BCUT2D eigenvalue weighted by Crippen LogP contribution is 2.34. The quantitative estimate of drug-likeness (QED) is 0.204. The molecular weight excluding hydrogens is 665 g/mol. The molecule has 0 saturated carbocycles. The number of benzene rings is 4. The summed E-state index contributed by atoms with van der Waals surface area (Å²) in [6.45, 7) is 1.45. The van der Waals surface area contributed by atoms with E-state index in [4.69, 9.17) is 9.47 Å². The maximum atomic E-state index is 13.2. The van der Waals surface area contributed by atoms with Gasteiger partial charge in [-0.3, -0.25) is 9.59 Å². The van der Waals surface area contributed by atoms with E-state index in [9.17, 15) is 22.8 Å². The van der Waals surface area contributed by atoms with Gasteiger partial charge in [0.05, 0.1) is 34.1 Å². The summed E-state index contributed by atoms with van der Waals surface area (Å²) < 4.78 is 38.0. The van der Waals surface area contributed by atoms with Crippen LogP contribution in [0.2, 0.25) is 0 Å². The third kappa shape index (κ3) is 6.89. The molecule has 0 spiro atoms. The van der Waals surface area contributed by atoms with Crippen molar-refractivity contribution in [3.05, 3.63) is 125 Å². The Kier molecular flexibility index (Phi) is 8.85. The van der Waals surface area contributed by atoms with Crippen LogP contribution in [0.3, 0.4) is 0 Å². The summed E-state index contributed by atoms with van der Waals surface area (Å²) in [6, 6.07) is 27.2. The second-order valence-electron chi connectivity index (χ2n) is 11.5. The maximum Gasteiger partial charge on any atom is 0.410 e. The van der Waals surface area contributed by atoms with Crippen LogP contribution in [0.4, 0.5) is 10.5 Å². The Balaban J connectivity index is 0.923. The van der Waals surface area contributed by atoms with Crippen LogP contribution in [0, 0.1) is 0 Å². The molecule has 2 aliphatic rings. The highest BCUT2D eigenvalue weighted by atomic mass is 32.2. The van der Waals surface area contributed by atoms with Crippen LogP contribution < -0.4 is 15.4 Å². The van der Waals surface area contributed by atoms with E-state index < -0.39 is 21.7 Å². The van der Waals surface area contributed by atoms with Crippen LogP contribution >= 0.6 is 11.3 Å². The number of anilines is 1. The van der Waals surface area contributed by atoms with Crippen LogP contribution in [-0.2, 0) is 27.7 Å². The topological polar surface area (TPSA) is 144 Å². The van der Waals surface area contributed by atoms with E-state index in [-0.39, 0.29) is 52.0 Å². The number of amides is 3. The van der Waals surface area contributed by atoms with Gasteiger partial charge in [0.1, 0.15) is 23.5 Å². The van der Waals surface area contributed by atoms with E-state index in [0.29, 0.717) is 25.3 Å². The monoisotopic (exact) mass is 694 g/mol. The molecule has 0 unspecified atom stereocenters. The Hall–Kier alpha value is -5.53. The van der Waals surface area contributed by atoms with Crippen LogP contribution in [-0.4, -0.2) is 55.4 Å². The predicted octanol–water partition coefficient (Wildman–Crippen LogP) is 5.93. The standard InChI is InChI=1S/C36H30N4O7S2/c41-33(25-12-15-32-30(18-25)39-34(42)29-8-4-5-9-31(29)49(32,44)45)37-19-28-20-38-35(48-28)24-10-13-26(14-11-24)47-27-16-17-40(21-27)36(43)46-22-23-6-2-1-3-7-23/h1-15,18,20,27H,16-17,19,21-22H2,(H,37,41)(H,39,42)/t27-/m1/s1. The summed E-state index contributed by atoms with van der Waals surface area (Å²) in [5.74, 6) is -0.303. The molecule has 248 valence electrons. The highest BCUT2D eigenvalue weighted by Gasteiger charge is 2.32. The molecule has 49 heavy (non-hydrogen) atoms. The van der Waals surface area contributed by atoms with Gasteiger partial charge in [0, 0.05) is 35.2 Å². The minimum absolute atomic E-state index is 0.0481. The van der Waals surface area contributed by atoms with Gasteiger partial charge in [-0.2, -0.15) is 0 Å². The van der Waals surface area contributed by atoms with Crippen molar-refractivity contribution in [3.63, 3.8) is 0 Å². The molecule has 2 aliphatic heterocycles. The molecule has 1 fully saturated rings. The lowest BCUT2D eigenvalue weighted by Gasteiger charge is -2.17. The third-order valence-corrected chi connectivity index (χ3v) is 11.1. The van der Waals surface area contributed by atoms with Gasteiger partial charge in [-0.25, -0.2) is 18.2 Å². The van der Waals surface area contributed by atoms with Crippen LogP contribution in [0.25, 0.3) is 10.6 Å². The van der Waals surface area contributed by atoms with E-state index in [0.717, 1.165) is 21.0 Å². The molecule has 3 heterocycles. The lowest BCUT2D eigenvalue weighted by Crippen LogP contribution is -2.31. The van der Waals surface area contributed by atoms with Crippen LogP contribution in [0.5, 0.6) is 5.75 Å². The molecule has 11 nitrogen and oxygen atoms in total. The van der Waals surface area contributed by atoms with E-state index in [1.54, 1.807) is 23.2 Å². The predicted molar refractivity (Wildman–Crippen MR) is 182 cm³/mol. The number of carbonyl (C=O) groups is 3. The Morgan fingerprint density at radius 3 is 2.55 bits per heavy atom. The lowest BCUT2D eigenvalue weighted by atomic mass is 10.1.